The van der Waals surface area contributed by atoms with Crippen molar-refractivity contribution < 1.29 is 20.4 Å². The molecule has 0 saturated heterocycles. The maximum absolute atomic E-state index is 11.1. The molecule has 0 radical (unpaired) electrons. The molecule has 0 heterocycles. The van der Waals surface area contributed by atoms with Crippen molar-refractivity contribution in [2.45, 2.75) is 122 Å². The van der Waals surface area contributed by atoms with Gasteiger partial charge in [-0.2, -0.15) is 0 Å². The highest BCUT2D eigenvalue weighted by Crippen LogP contribution is 2.60. The summed E-state index contributed by atoms with van der Waals surface area (Å²) in [5.41, 5.74) is 2.74. The number of rotatable bonds is 8. The summed E-state index contributed by atoms with van der Waals surface area (Å²) >= 11 is 0. The Bertz CT molecular complexity index is 749. The van der Waals surface area contributed by atoms with E-state index in [1.54, 1.807) is 0 Å². The number of aliphatic hydroxyl groups excluding tert-OH is 3. The van der Waals surface area contributed by atoms with Gasteiger partial charge in [0.2, 0.25) is 0 Å². The average molecular weight is 461 g/mol. The minimum Gasteiger partial charge on any atom is -0.393 e. The first-order valence-corrected chi connectivity index (χ1v) is 13.4. The molecule has 0 aromatic rings. The fourth-order valence-electron chi connectivity index (χ4n) is 7.16. The van der Waals surface area contributed by atoms with Crippen LogP contribution in [0.1, 0.15) is 98.3 Å². The second-order valence-corrected chi connectivity index (χ2v) is 11.6. The van der Waals surface area contributed by atoms with E-state index < -0.39 is 17.8 Å². The van der Waals surface area contributed by atoms with Gasteiger partial charge in [0.25, 0.3) is 0 Å². The molecule has 188 valence electrons. The van der Waals surface area contributed by atoms with E-state index in [1.165, 1.54) is 18.4 Å². The van der Waals surface area contributed by atoms with Crippen molar-refractivity contribution in [1.82, 2.24) is 0 Å². The number of hydrogen-bond donors (Lipinski definition) is 4. The van der Waals surface area contributed by atoms with E-state index in [4.69, 9.17) is 0 Å². The van der Waals surface area contributed by atoms with Crippen LogP contribution >= 0.6 is 0 Å². The van der Waals surface area contributed by atoms with Gasteiger partial charge in [-0.25, -0.2) is 0 Å². The van der Waals surface area contributed by atoms with Crippen LogP contribution in [0.3, 0.4) is 0 Å². The van der Waals surface area contributed by atoms with Crippen LogP contribution in [0.25, 0.3) is 0 Å². The largest absolute Gasteiger partial charge is 0.393 e. The third kappa shape index (κ3) is 5.66. The van der Waals surface area contributed by atoms with E-state index in [9.17, 15) is 20.4 Å². The van der Waals surface area contributed by atoms with E-state index >= 15 is 0 Å². The monoisotopic (exact) mass is 460 g/mol. The van der Waals surface area contributed by atoms with Crippen LogP contribution < -0.4 is 0 Å². The molecule has 0 unspecified atom stereocenters. The summed E-state index contributed by atoms with van der Waals surface area (Å²) in [7, 11) is 0. The van der Waals surface area contributed by atoms with Crippen molar-refractivity contribution in [3.63, 3.8) is 0 Å². The molecule has 0 bridgehead atoms. The molecule has 3 rings (SSSR count). The maximum Gasteiger partial charge on any atom is 0.0811 e. The Morgan fingerprint density at radius 3 is 2.55 bits per heavy atom. The Morgan fingerprint density at radius 2 is 1.88 bits per heavy atom. The molecule has 3 aliphatic rings. The van der Waals surface area contributed by atoms with Gasteiger partial charge in [-0.3, -0.25) is 0 Å². The van der Waals surface area contributed by atoms with E-state index in [0.717, 1.165) is 43.3 Å². The third-order valence-corrected chi connectivity index (χ3v) is 9.77. The zero-order valence-electron chi connectivity index (χ0n) is 21.4. The van der Waals surface area contributed by atoms with Gasteiger partial charge >= 0.3 is 0 Å². The molecule has 0 spiro atoms. The molecule has 3 saturated carbocycles. The quantitative estimate of drug-likeness (QED) is 0.388. The summed E-state index contributed by atoms with van der Waals surface area (Å²) in [5, 5.41) is 41.9. The number of fused-ring (bicyclic) bond motifs is 1. The molecular weight excluding hydrogens is 412 g/mol. The smallest absolute Gasteiger partial charge is 0.0811 e. The highest BCUT2D eigenvalue weighted by molar-refractivity contribution is 5.38. The lowest BCUT2D eigenvalue weighted by molar-refractivity contribution is -0.0182. The number of aliphatic hydroxyl groups is 4. The Hall–Kier alpha value is -0.940. The molecule has 33 heavy (non-hydrogen) atoms. The van der Waals surface area contributed by atoms with Gasteiger partial charge in [0.05, 0.1) is 23.9 Å². The lowest BCUT2D eigenvalue weighted by Crippen LogP contribution is -2.40. The van der Waals surface area contributed by atoms with Gasteiger partial charge in [-0.1, -0.05) is 52.0 Å². The van der Waals surface area contributed by atoms with Crippen LogP contribution in [-0.2, 0) is 0 Å². The van der Waals surface area contributed by atoms with E-state index in [0.29, 0.717) is 37.5 Å². The van der Waals surface area contributed by atoms with Gasteiger partial charge in [0.15, 0.2) is 0 Å². The molecule has 4 N–H and O–H groups in total. The standard InChI is InChI=1S/C29H48O4/c1-6-29(33,7-2)16-14-26(31)20(4)24-12-13-25-21(9-8-15-28(24,25)5)10-11-22-17-23(30)18-27(32)19(22)3/h10-11,20,23-27,30-33H,3,6-9,12-18H2,1-2,4-5H3/b21-10+,22-11+/t20-,23+,24+,25-,26-,27-,28+/m0/s1. The zero-order chi connectivity index (χ0) is 24.4. The van der Waals surface area contributed by atoms with E-state index in [2.05, 4.69) is 32.6 Å². The first kappa shape index (κ1) is 26.7. The van der Waals surface area contributed by atoms with Gasteiger partial charge in [-0.05, 0) is 98.5 Å². The molecule has 0 aromatic heterocycles. The molecule has 3 aliphatic carbocycles. The van der Waals surface area contributed by atoms with Crippen LogP contribution in [0.4, 0.5) is 0 Å². The highest BCUT2D eigenvalue weighted by atomic mass is 16.3. The predicted molar refractivity (Wildman–Crippen MR) is 135 cm³/mol. The minimum atomic E-state index is -0.651. The van der Waals surface area contributed by atoms with Crippen molar-refractivity contribution in [3.05, 3.63) is 35.5 Å². The predicted octanol–water partition coefficient (Wildman–Crippen LogP) is 5.46. The van der Waals surface area contributed by atoms with Crippen molar-refractivity contribution in [3.8, 4) is 0 Å². The minimum absolute atomic E-state index is 0.192. The van der Waals surface area contributed by atoms with Crippen LogP contribution in [-0.4, -0.2) is 44.3 Å². The molecule has 3 fully saturated rings. The molecular formula is C29H48O4. The van der Waals surface area contributed by atoms with Gasteiger partial charge < -0.3 is 20.4 Å². The van der Waals surface area contributed by atoms with Crippen molar-refractivity contribution in [2.75, 3.05) is 0 Å². The van der Waals surface area contributed by atoms with Gasteiger partial charge in [-0.15, -0.1) is 0 Å². The Balaban J connectivity index is 1.72. The van der Waals surface area contributed by atoms with E-state index in [-0.39, 0.29) is 17.4 Å². The number of allylic oxidation sites excluding steroid dienone is 3. The summed E-state index contributed by atoms with van der Waals surface area (Å²) < 4.78 is 0. The Kier molecular flexibility index (Phi) is 8.70. The summed E-state index contributed by atoms with van der Waals surface area (Å²) in [5.74, 6) is 1.23. The van der Waals surface area contributed by atoms with Crippen LogP contribution in [0.2, 0.25) is 0 Å². The molecule has 0 aromatic carbocycles. The summed E-state index contributed by atoms with van der Waals surface area (Å²) in [4.78, 5) is 0. The van der Waals surface area contributed by atoms with Crippen molar-refractivity contribution >= 4 is 0 Å². The summed E-state index contributed by atoms with van der Waals surface area (Å²) in [6.45, 7) is 12.7. The van der Waals surface area contributed by atoms with Crippen molar-refractivity contribution in [1.29, 1.82) is 0 Å². The molecule has 0 amide bonds. The van der Waals surface area contributed by atoms with Crippen molar-refractivity contribution in [2.24, 2.45) is 23.2 Å². The first-order chi connectivity index (χ1) is 15.5. The third-order valence-electron chi connectivity index (χ3n) is 9.77. The second-order valence-electron chi connectivity index (χ2n) is 11.6. The number of hydrogen-bond acceptors (Lipinski definition) is 4. The summed E-state index contributed by atoms with van der Waals surface area (Å²) in [6.07, 6.45) is 12.3. The topological polar surface area (TPSA) is 80.9 Å². The lowest BCUT2D eigenvalue weighted by atomic mass is 9.60. The fraction of sp³-hybridized carbons (Fsp3) is 0.793. The fourth-order valence-corrected chi connectivity index (χ4v) is 7.16. The Labute approximate surface area is 201 Å². The van der Waals surface area contributed by atoms with Crippen LogP contribution in [0.15, 0.2) is 35.5 Å². The normalized spacial score (nSPS) is 37.4. The van der Waals surface area contributed by atoms with Crippen LogP contribution in [0.5, 0.6) is 0 Å². The van der Waals surface area contributed by atoms with Gasteiger partial charge in [0, 0.05) is 6.42 Å². The maximum atomic E-state index is 11.1. The van der Waals surface area contributed by atoms with Gasteiger partial charge in [0.1, 0.15) is 0 Å². The lowest BCUT2D eigenvalue weighted by Gasteiger charge is -2.45. The SMILES string of the molecule is C=C1/C(=C/C=C2\CCC[C@]3(C)[C@@H]([C@H](C)[C@@H](O)CCC(O)(CC)CC)CC[C@@H]23)C[C@@H](O)C[C@@H]1O. The summed E-state index contributed by atoms with van der Waals surface area (Å²) in [6, 6.07) is 0. The van der Waals surface area contributed by atoms with Crippen LogP contribution in [0, 0.1) is 23.2 Å². The average Bonchev–Trinajstić information content (AvgIpc) is 3.15. The molecule has 4 nitrogen and oxygen atoms in total. The second kappa shape index (κ2) is 10.8. The molecule has 4 heteroatoms. The zero-order valence-corrected chi connectivity index (χ0v) is 21.4. The van der Waals surface area contributed by atoms with E-state index in [1.807, 2.05) is 13.8 Å². The molecule has 7 atom stereocenters. The Morgan fingerprint density at radius 1 is 1.18 bits per heavy atom. The first-order valence-electron chi connectivity index (χ1n) is 13.4. The highest BCUT2D eigenvalue weighted by Gasteiger charge is 2.51. The molecule has 0 aliphatic heterocycles.